The molecular weight excluding hydrogens is 300 g/mol. The highest BCUT2D eigenvalue weighted by atomic mass is 35.5. The summed E-state index contributed by atoms with van der Waals surface area (Å²) >= 11 is 0. The molecule has 0 atom stereocenters. The van der Waals surface area contributed by atoms with Crippen LogP contribution in [0.5, 0.6) is 0 Å². The third kappa shape index (κ3) is 4.15. The van der Waals surface area contributed by atoms with Gasteiger partial charge in [0.25, 0.3) is 0 Å². The average molecular weight is 333 g/mol. The highest BCUT2D eigenvalue weighted by molar-refractivity contribution is 5.85. The average Bonchev–Trinajstić information content (AvgIpc) is 2.53. The molecule has 3 N–H and O–H groups in total. The van der Waals surface area contributed by atoms with Crippen molar-refractivity contribution in [1.29, 1.82) is 0 Å². The fraction of sp³-hybridized carbons (Fsp3) is 0.941. The topological polar surface area (TPSA) is 64.4 Å². The molecule has 130 valence electrons. The molecule has 2 fully saturated rings. The largest absolute Gasteiger partial charge is 0.381 e. The van der Waals surface area contributed by atoms with Crippen molar-refractivity contribution in [1.82, 2.24) is 5.32 Å². The minimum absolute atomic E-state index is 0. The Morgan fingerprint density at radius 1 is 1.18 bits per heavy atom. The van der Waals surface area contributed by atoms with Crippen LogP contribution in [0.3, 0.4) is 0 Å². The fourth-order valence-electron chi connectivity index (χ4n) is 3.97. The summed E-state index contributed by atoms with van der Waals surface area (Å²) in [5, 5.41) is 3.28. The van der Waals surface area contributed by atoms with Gasteiger partial charge in [-0.15, -0.1) is 12.4 Å². The van der Waals surface area contributed by atoms with Crippen molar-refractivity contribution < 1.29 is 9.53 Å². The van der Waals surface area contributed by atoms with Crippen LogP contribution in [-0.4, -0.2) is 31.7 Å². The molecule has 4 nitrogen and oxygen atoms in total. The first kappa shape index (κ1) is 19.7. The molecule has 0 bridgehead atoms. The molecule has 1 heterocycles. The summed E-state index contributed by atoms with van der Waals surface area (Å²) in [5.41, 5.74) is 6.00. The Hall–Kier alpha value is -0.320. The van der Waals surface area contributed by atoms with Crippen LogP contribution in [-0.2, 0) is 9.53 Å². The standard InChI is InChI=1S/C17H32N2O2.ClH/c1-3-17(4-2,13-18)15(20)19-14-5-7-16(8-6-14)9-11-21-12-10-16;/h14H,3-13,18H2,1-2H3,(H,19,20);1H. The van der Waals surface area contributed by atoms with E-state index in [4.69, 9.17) is 10.5 Å². The van der Waals surface area contributed by atoms with Crippen LogP contribution in [0.2, 0.25) is 0 Å². The molecule has 0 radical (unpaired) electrons. The van der Waals surface area contributed by atoms with Crippen molar-refractivity contribution in [2.45, 2.75) is 71.3 Å². The van der Waals surface area contributed by atoms with Gasteiger partial charge in [-0.05, 0) is 56.8 Å². The maximum Gasteiger partial charge on any atom is 0.227 e. The van der Waals surface area contributed by atoms with Crippen LogP contribution in [0.4, 0.5) is 0 Å². The number of carbonyl (C=O) groups is 1. The zero-order valence-electron chi connectivity index (χ0n) is 14.2. The van der Waals surface area contributed by atoms with Crippen molar-refractivity contribution >= 4 is 18.3 Å². The molecule has 2 rings (SSSR count). The van der Waals surface area contributed by atoms with Gasteiger partial charge in [-0.1, -0.05) is 13.8 Å². The first-order valence-corrected chi connectivity index (χ1v) is 8.68. The molecule has 1 amide bonds. The Bertz CT molecular complexity index is 334. The second-order valence-corrected chi connectivity index (χ2v) is 7.05. The summed E-state index contributed by atoms with van der Waals surface area (Å²) < 4.78 is 5.49. The van der Waals surface area contributed by atoms with Crippen LogP contribution in [0.1, 0.15) is 65.2 Å². The molecule has 1 aliphatic carbocycles. The Balaban J connectivity index is 0.00000242. The quantitative estimate of drug-likeness (QED) is 0.813. The molecule has 1 saturated carbocycles. The normalized spacial score (nSPS) is 22.1. The zero-order valence-corrected chi connectivity index (χ0v) is 15.0. The highest BCUT2D eigenvalue weighted by Crippen LogP contribution is 2.44. The van der Waals surface area contributed by atoms with Gasteiger partial charge in [0, 0.05) is 25.8 Å². The summed E-state index contributed by atoms with van der Waals surface area (Å²) in [4.78, 5) is 12.6. The van der Waals surface area contributed by atoms with E-state index in [1.807, 2.05) is 0 Å². The first-order valence-electron chi connectivity index (χ1n) is 8.68. The van der Waals surface area contributed by atoms with Crippen LogP contribution < -0.4 is 11.1 Å². The highest BCUT2D eigenvalue weighted by Gasteiger charge is 2.39. The summed E-state index contributed by atoms with van der Waals surface area (Å²) in [6.07, 6.45) is 8.72. The molecule has 1 spiro atoms. The maximum absolute atomic E-state index is 12.6. The van der Waals surface area contributed by atoms with Crippen LogP contribution in [0.15, 0.2) is 0 Å². The van der Waals surface area contributed by atoms with E-state index < -0.39 is 0 Å². The minimum atomic E-state index is -0.367. The summed E-state index contributed by atoms with van der Waals surface area (Å²) in [5.74, 6) is 0.169. The third-order valence-electron chi connectivity index (χ3n) is 6.16. The predicted octanol–water partition coefficient (Wildman–Crippen LogP) is 3.03. The fourth-order valence-corrected chi connectivity index (χ4v) is 3.97. The molecule has 1 saturated heterocycles. The molecule has 2 aliphatic rings. The van der Waals surface area contributed by atoms with Crippen molar-refractivity contribution in [3.63, 3.8) is 0 Å². The SMILES string of the molecule is CCC(CC)(CN)C(=O)NC1CCC2(CCOCC2)CC1.Cl. The van der Waals surface area contributed by atoms with Gasteiger partial charge in [0.2, 0.25) is 5.91 Å². The van der Waals surface area contributed by atoms with E-state index in [-0.39, 0.29) is 23.7 Å². The van der Waals surface area contributed by atoms with E-state index in [2.05, 4.69) is 19.2 Å². The number of ether oxygens (including phenoxy) is 1. The predicted molar refractivity (Wildman–Crippen MR) is 92.2 cm³/mol. The maximum atomic E-state index is 12.6. The number of nitrogens with one attached hydrogen (secondary N) is 1. The first-order chi connectivity index (χ1) is 10.1. The van der Waals surface area contributed by atoms with Crippen molar-refractivity contribution in [2.24, 2.45) is 16.6 Å². The summed E-state index contributed by atoms with van der Waals surface area (Å²) in [6.45, 7) is 6.40. The zero-order chi connectivity index (χ0) is 15.3. The molecule has 0 aromatic heterocycles. The Kier molecular flexibility index (Phi) is 7.63. The monoisotopic (exact) mass is 332 g/mol. The van der Waals surface area contributed by atoms with Gasteiger partial charge in [0.15, 0.2) is 0 Å². The number of carbonyl (C=O) groups excluding carboxylic acids is 1. The van der Waals surface area contributed by atoms with Gasteiger partial charge in [-0.25, -0.2) is 0 Å². The molecule has 0 aromatic carbocycles. The molecule has 0 aromatic rings. The number of halogens is 1. The van der Waals surface area contributed by atoms with Crippen molar-refractivity contribution in [3.05, 3.63) is 0 Å². The lowest BCUT2D eigenvalue weighted by molar-refractivity contribution is -0.132. The van der Waals surface area contributed by atoms with Gasteiger partial charge in [0.05, 0.1) is 5.41 Å². The Morgan fingerprint density at radius 2 is 1.73 bits per heavy atom. The Morgan fingerprint density at radius 3 is 2.18 bits per heavy atom. The van der Waals surface area contributed by atoms with E-state index in [9.17, 15) is 4.79 Å². The van der Waals surface area contributed by atoms with Crippen LogP contribution in [0.25, 0.3) is 0 Å². The van der Waals surface area contributed by atoms with Crippen molar-refractivity contribution in [2.75, 3.05) is 19.8 Å². The van der Waals surface area contributed by atoms with Crippen molar-refractivity contribution in [3.8, 4) is 0 Å². The van der Waals surface area contributed by atoms with Crippen LogP contribution in [0, 0.1) is 10.8 Å². The number of hydrogen-bond donors (Lipinski definition) is 2. The van der Waals surface area contributed by atoms with Gasteiger partial charge >= 0.3 is 0 Å². The minimum Gasteiger partial charge on any atom is -0.381 e. The number of amides is 1. The van der Waals surface area contributed by atoms with Crippen LogP contribution >= 0.6 is 12.4 Å². The van der Waals surface area contributed by atoms with E-state index in [1.54, 1.807) is 0 Å². The lowest BCUT2D eigenvalue weighted by Crippen LogP contribution is -2.50. The molecule has 22 heavy (non-hydrogen) atoms. The second-order valence-electron chi connectivity index (χ2n) is 7.05. The molecule has 1 aliphatic heterocycles. The van der Waals surface area contributed by atoms with E-state index in [0.717, 1.165) is 38.9 Å². The molecule has 0 unspecified atom stereocenters. The van der Waals surface area contributed by atoms with E-state index >= 15 is 0 Å². The number of hydrogen-bond acceptors (Lipinski definition) is 3. The number of nitrogens with two attached hydrogens (primary N) is 1. The van der Waals surface area contributed by atoms with Gasteiger partial charge in [-0.2, -0.15) is 0 Å². The smallest absolute Gasteiger partial charge is 0.227 e. The van der Waals surface area contributed by atoms with E-state index in [0.29, 0.717) is 18.0 Å². The summed E-state index contributed by atoms with van der Waals surface area (Å²) in [7, 11) is 0. The Labute approximate surface area is 141 Å². The van der Waals surface area contributed by atoms with Gasteiger partial charge < -0.3 is 15.8 Å². The summed E-state index contributed by atoms with van der Waals surface area (Å²) in [6, 6.07) is 0.343. The number of rotatable bonds is 5. The van der Waals surface area contributed by atoms with E-state index in [1.165, 1.54) is 25.7 Å². The third-order valence-corrected chi connectivity index (χ3v) is 6.16. The van der Waals surface area contributed by atoms with Gasteiger partial charge in [-0.3, -0.25) is 4.79 Å². The second kappa shape index (κ2) is 8.51. The lowest BCUT2D eigenvalue weighted by Gasteiger charge is -2.43. The van der Waals surface area contributed by atoms with Gasteiger partial charge in [0.1, 0.15) is 0 Å². The molecule has 5 heteroatoms. The lowest BCUT2D eigenvalue weighted by atomic mass is 9.68. The molecular formula is C17H33ClN2O2.